The standard InChI is InChI=1S/C20H32O5/c1-2-3-6-9-15(21)12-13-17-16(18-14-19(17)25-24-18)10-7-4-5-8-11-20(22)23/h4,7,12-13,15-19,21H,2-3,5-6,8-11,14H2,1H3,(H,22,23)/b7-4-,13-12+/t15-,16?,17+,18?,19?/m0/s1. The third kappa shape index (κ3) is 6.57. The van der Waals surface area contributed by atoms with Crippen molar-refractivity contribution in [2.24, 2.45) is 11.8 Å². The number of hydrogen-bond acceptors (Lipinski definition) is 4. The van der Waals surface area contributed by atoms with Gasteiger partial charge in [0.25, 0.3) is 0 Å². The van der Waals surface area contributed by atoms with Crippen LogP contribution in [0.5, 0.6) is 0 Å². The molecule has 1 aliphatic carbocycles. The Morgan fingerprint density at radius 2 is 2.00 bits per heavy atom. The van der Waals surface area contributed by atoms with Gasteiger partial charge in [0.05, 0.1) is 12.2 Å². The SMILES string of the molecule is CCCCC[C@H](O)/C=C/[C@H]1C2CC(OO2)C1C/C=C\CCCC(=O)O. The van der Waals surface area contributed by atoms with Crippen LogP contribution in [0.15, 0.2) is 24.3 Å². The number of rotatable bonds is 12. The zero-order valence-corrected chi connectivity index (χ0v) is 15.2. The van der Waals surface area contributed by atoms with Crippen molar-refractivity contribution >= 4 is 5.97 Å². The Kier molecular flexibility index (Phi) is 8.65. The molecule has 0 aromatic rings. The molecule has 142 valence electrons. The van der Waals surface area contributed by atoms with Crippen LogP contribution >= 0.6 is 0 Å². The van der Waals surface area contributed by atoms with Crippen LogP contribution in [0.25, 0.3) is 0 Å². The van der Waals surface area contributed by atoms with Crippen molar-refractivity contribution in [3.05, 3.63) is 24.3 Å². The molecule has 5 nitrogen and oxygen atoms in total. The van der Waals surface area contributed by atoms with Crippen LogP contribution < -0.4 is 0 Å². The van der Waals surface area contributed by atoms with E-state index in [0.717, 1.165) is 44.9 Å². The third-order valence-electron chi connectivity index (χ3n) is 5.16. The molecule has 1 aliphatic heterocycles. The Labute approximate surface area is 150 Å². The maximum Gasteiger partial charge on any atom is 0.303 e. The minimum Gasteiger partial charge on any atom is -0.481 e. The first-order valence-corrected chi connectivity index (χ1v) is 9.67. The fourth-order valence-electron chi connectivity index (χ4n) is 3.72. The lowest BCUT2D eigenvalue weighted by Gasteiger charge is -2.27. The van der Waals surface area contributed by atoms with Gasteiger partial charge >= 0.3 is 5.97 Å². The van der Waals surface area contributed by atoms with Gasteiger partial charge in [-0.1, -0.05) is 50.5 Å². The number of carboxylic acids is 1. The number of aliphatic hydroxyl groups excluding tert-OH is 1. The fraction of sp³-hybridized carbons (Fsp3) is 0.750. The molecule has 0 radical (unpaired) electrons. The van der Waals surface area contributed by atoms with Gasteiger partial charge in [-0.25, -0.2) is 9.78 Å². The highest BCUT2D eigenvalue weighted by atomic mass is 17.2. The summed E-state index contributed by atoms with van der Waals surface area (Å²) in [5.74, 6) is -0.0912. The Balaban J connectivity index is 1.78. The van der Waals surface area contributed by atoms with E-state index in [1.807, 2.05) is 6.08 Å². The van der Waals surface area contributed by atoms with E-state index < -0.39 is 5.97 Å². The van der Waals surface area contributed by atoms with Crippen LogP contribution in [0.3, 0.4) is 0 Å². The first kappa shape index (κ1) is 20.1. The highest BCUT2D eigenvalue weighted by Crippen LogP contribution is 2.44. The second-order valence-corrected chi connectivity index (χ2v) is 7.19. The predicted octanol–water partition coefficient (Wildman–Crippen LogP) is 4.02. The maximum atomic E-state index is 10.5. The molecule has 2 N–H and O–H groups in total. The zero-order chi connectivity index (χ0) is 18.1. The number of fused-ring (bicyclic) bond motifs is 2. The number of unbranched alkanes of at least 4 members (excludes halogenated alkanes) is 3. The van der Waals surface area contributed by atoms with Crippen molar-refractivity contribution in [1.29, 1.82) is 0 Å². The molecule has 2 fully saturated rings. The summed E-state index contributed by atoms with van der Waals surface area (Å²) in [5, 5.41) is 18.7. The van der Waals surface area contributed by atoms with Crippen molar-refractivity contribution in [1.82, 2.24) is 0 Å². The molecular formula is C20H32O5. The van der Waals surface area contributed by atoms with E-state index in [1.54, 1.807) is 0 Å². The summed E-state index contributed by atoms with van der Waals surface area (Å²) < 4.78 is 0. The Morgan fingerprint density at radius 3 is 2.76 bits per heavy atom. The molecule has 0 spiro atoms. The molecule has 5 heteroatoms. The Morgan fingerprint density at radius 1 is 1.20 bits per heavy atom. The van der Waals surface area contributed by atoms with Gasteiger partial charge in [-0.2, -0.15) is 0 Å². The van der Waals surface area contributed by atoms with Crippen LogP contribution in [-0.4, -0.2) is 34.5 Å². The molecule has 2 aliphatic rings. The molecule has 0 aromatic carbocycles. The summed E-state index contributed by atoms with van der Waals surface area (Å²) in [6.45, 7) is 2.16. The number of hydrogen-bond donors (Lipinski definition) is 2. The van der Waals surface area contributed by atoms with E-state index in [-0.39, 0.29) is 30.7 Å². The first-order valence-electron chi connectivity index (χ1n) is 9.67. The quantitative estimate of drug-likeness (QED) is 0.315. The fourth-order valence-corrected chi connectivity index (χ4v) is 3.72. The number of aliphatic carboxylic acids is 1. The summed E-state index contributed by atoms with van der Waals surface area (Å²) in [6.07, 6.45) is 15.8. The topological polar surface area (TPSA) is 76.0 Å². The second-order valence-electron chi connectivity index (χ2n) is 7.19. The van der Waals surface area contributed by atoms with Crippen LogP contribution in [0.2, 0.25) is 0 Å². The van der Waals surface area contributed by atoms with Gasteiger partial charge in [0.1, 0.15) is 6.10 Å². The average molecular weight is 352 g/mol. The van der Waals surface area contributed by atoms with Gasteiger partial charge < -0.3 is 10.2 Å². The van der Waals surface area contributed by atoms with Crippen molar-refractivity contribution in [2.75, 3.05) is 0 Å². The molecule has 25 heavy (non-hydrogen) atoms. The van der Waals surface area contributed by atoms with E-state index >= 15 is 0 Å². The van der Waals surface area contributed by atoms with E-state index in [9.17, 15) is 9.90 Å². The number of carbonyl (C=O) groups is 1. The predicted molar refractivity (Wildman–Crippen MR) is 95.9 cm³/mol. The van der Waals surface area contributed by atoms with Crippen molar-refractivity contribution in [3.63, 3.8) is 0 Å². The zero-order valence-electron chi connectivity index (χ0n) is 15.2. The minimum absolute atomic E-state index is 0.0921. The Bertz CT molecular complexity index is 459. The van der Waals surface area contributed by atoms with Gasteiger partial charge in [-0.15, -0.1) is 0 Å². The highest BCUT2D eigenvalue weighted by Gasteiger charge is 2.49. The van der Waals surface area contributed by atoms with Crippen LogP contribution in [0.4, 0.5) is 0 Å². The largest absolute Gasteiger partial charge is 0.481 e. The second kappa shape index (κ2) is 10.7. The molecule has 2 bridgehead atoms. The van der Waals surface area contributed by atoms with E-state index in [2.05, 4.69) is 25.2 Å². The van der Waals surface area contributed by atoms with Gasteiger partial charge in [-0.05, 0) is 25.7 Å². The third-order valence-corrected chi connectivity index (χ3v) is 5.16. The van der Waals surface area contributed by atoms with E-state index in [0.29, 0.717) is 12.3 Å². The first-order chi connectivity index (χ1) is 12.1. The number of allylic oxidation sites excluding steroid dienone is 2. The lowest BCUT2D eigenvalue weighted by atomic mass is 9.89. The normalized spacial score (nSPS) is 29.8. The van der Waals surface area contributed by atoms with E-state index in [4.69, 9.17) is 14.9 Å². The van der Waals surface area contributed by atoms with Gasteiger partial charge in [0.2, 0.25) is 0 Å². The molecule has 5 atom stereocenters. The molecule has 2 rings (SSSR count). The highest BCUT2D eigenvalue weighted by molar-refractivity contribution is 5.66. The lowest BCUT2D eigenvalue weighted by molar-refractivity contribution is -0.336. The van der Waals surface area contributed by atoms with Crippen LogP contribution in [0.1, 0.15) is 64.7 Å². The molecule has 1 heterocycles. The van der Waals surface area contributed by atoms with Crippen molar-refractivity contribution in [3.8, 4) is 0 Å². The van der Waals surface area contributed by atoms with Crippen molar-refractivity contribution in [2.45, 2.75) is 83.0 Å². The van der Waals surface area contributed by atoms with Gasteiger partial charge in [0, 0.05) is 24.7 Å². The minimum atomic E-state index is -0.741. The Hall–Kier alpha value is -1.17. The number of carboxylic acid groups (broad SMARTS) is 1. The summed E-state index contributed by atoms with van der Waals surface area (Å²) >= 11 is 0. The molecule has 1 saturated carbocycles. The molecule has 1 saturated heterocycles. The molecular weight excluding hydrogens is 320 g/mol. The van der Waals surface area contributed by atoms with Crippen molar-refractivity contribution < 1.29 is 24.8 Å². The van der Waals surface area contributed by atoms with E-state index in [1.165, 1.54) is 0 Å². The lowest BCUT2D eigenvalue weighted by Crippen LogP contribution is -2.28. The smallest absolute Gasteiger partial charge is 0.303 e. The summed E-state index contributed by atoms with van der Waals surface area (Å²) in [6, 6.07) is 0. The van der Waals surface area contributed by atoms with Crippen LogP contribution in [0, 0.1) is 11.8 Å². The van der Waals surface area contributed by atoms with Crippen LogP contribution in [-0.2, 0) is 14.6 Å². The monoisotopic (exact) mass is 352 g/mol. The number of aliphatic hydroxyl groups is 1. The summed E-state index contributed by atoms with van der Waals surface area (Å²) in [5.41, 5.74) is 0. The maximum absolute atomic E-state index is 10.5. The molecule has 3 unspecified atom stereocenters. The summed E-state index contributed by atoms with van der Waals surface area (Å²) in [7, 11) is 0. The average Bonchev–Trinajstić information content (AvgIpc) is 3.17. The van der Waals surface area contributed by atoms with Gasteiger partial charge in [0.15, 0.2) is 0 Å². The summed E-state index contributed by atoms with van der Waals surface area (Å²) in [4.78, 5) is 21.3. The molecule has 0 amide bonds. The van der Waals surface area contributed by atoms with Gasteiger partial charge in [-0.3, -0.25) is 4.79 Å². The molecule has 0 aromatic heterocycles.